The van der Waals surface area contributed by atoms with Crippen LogP contribution in [0.3, 0.4) is 0 Å². The molecule has 0 saturated heterocycles. The van der Waals surface area contributed by atoms with Crippen LogP contribution in [0, 0.1) is 11.6 Å². The molecule has 6 heteroatoms. The van der Waals surface area contributed by atoms with Gasteiger partial charge in [0.25, 0.3) is 0 Å². The molecule has 108 valence electrons. The largest absolute Gasteiger partial charge is 0.478 e. The summed E-state index contributed by atoms with van der Waals surface area (Å²) in [5.41, 5.74) is -0.0793. The lowest BCUT2D eigenvalue weighted by molar-refractivity contribution is -0.107. The lowest BCUT2D eigenvalue weighted by atomic mass is 10.1. The summed E-state index contributed by atoms with van der Waals surface area (Å²) in [5.74, 6) is -2.62. The summed E-state index contributed by atoms with van der Waals surface area (Å²) in [7, 11) is 0. The van der Waals surface area contributed by atoms with E-state index in [1.165, 1.54) is 30.3 Å². The molecule has 4 nitrogen and oxygen atoms in total. The van der Waals surface area contributed by atoms with Gasteiger partial charge >= 0.3 is 5.97 Å². The first kappa shape index (κ1) is 14.6. The quantitative estimate of drug-likeness (QED) is 0.862. The van der Waals surface area contributed by atoms with E-state index >= 15 is 0 Å². The number of hydrogen-bond acceptors (Lipinski definition) is 2. The van der Waals surface area contributed by atoms with Crippen LogP contribution in [0.4, 0.5) is 14.5 Å². The van der Waals surface area contributed by atoms with Crippen LogP contribution in [0.5, 0.6) is 0 Å². The number of rotatable bonds is 5. The lowest BCUT2D eigenvalue weighted by Crippen LogP contribution is -2.22. The SMILES string of the molecule is O=CN(Cc1ccc(C(=O)O)cc1F)c1ccccc1F. The molecule has 2 aromatic carbocycles. The zero-order valence-corrected chi connectivity index (χ0v) is 10.8. The van der Waals surface area contributed by atoms with E-state index in [1.54, 1.807) is 6.07 Å². The van der Waals surface area contributed by atoms with Gasteiger partial charge in [-0.15, -0.1) is 0 Å². The summed E-state index contributed by atoms with van der Waals surface area (Å²) in [6.45, 7) is -0.198. The molecule has 0 aromatic heterocycles. The molecule has 0 unspecified atom stereocenters. The van der Waals surface area contributed by atoms with E-state index in [4.69, 9.17) is 5.11 Å². The summed E-state index contributed by atoms with van der Waals surface area (Å²) in [5, 5.41) is 8.76. The minimum Gasteiger partial charge on any atom is -0.478 e. The van der Waals surface area contributed by atoms with Crippen molar-refractivity contribution in [3.05, 3.63) is 65.2 Å². The van der Waals surface area contributed by atoms with E-state index in [1.807, 2.05) is 0 Å². The fourth-order valence-corrected chi connectivity index (χ4v) is 1.86. The Morgan fingerprint density at radius 2 is 1.86 bits per heavy atom. The molecule has 0 bridgehead atoms. The average Bonchev–Trinajstić information content (AvgIpc) is 2.47. The first-order valence-corrected chi connectivity index (χ1v) is 6.01. The molecule has 1 amide bonds. The second-order valence-electron chi connectivity index (χ2n) is 4.30. The molecule has 0 aliphatic rings. The highest BCUT2D eigenvalue weighted by molar-refractivity contribution is 5.87. The summed E-state index contributed by atoms with van der Waals surface area (Å²) in [4.78, 5) is 22.8. The number of carbonyl (C=O) groups is 2. The topological polar surface area (TPSA) is 57.6 Å². The van der Waals surface area contributed by atoms with Crippen LogP contribution in [0.2, 0.25) is 0 Å². The molecule has 0 radical (unpaired) electrons. The molecular formula is C15H11F2NO3. The Labute approximate surface area is 119 Å². The minimum atomic E-state index is -1.25. The number of para-hydroxylation sites is 1. The van der Waals surface area contributed by atoms with Crippen molar-refractivity contribution in [2.24, 2.45) is 0 Å². The number of carboxylic acid groups (broad SMARTS) is 1. The third-order valence-corrected chi connectivity index (χ3v) is 2.93. The van der Waals surface area contributed by atoms with Gasteiger partial charge in [0.1, 0.15) is 11.6 Å². The number of amides is 1. The lowest BCUT2D eigenvalue weighted by Gasteiger charge is -2.18. The van der Waals surface area contributed by atoms with Gasteiger partial charge in [0.2, 0.25) is 6.41 Å². The monoisotopic (exact) mass is 291 g/mol. The molecule has 0 atom stereocenters. The predicted octanol–water partition coefficient (Wildman–Crippen LogP) is 2.83. The summed E-state index contributed by atoms with van der Waals surface area (Å²) in [6.07, 6.45) is 0.392. The maximum Gasteiger partial charge on any atom is 0.335 e. The zero-order chi connectivity index (χ0) is 15.4. The van der Waals surface area contributed by atoms with Gasteiger partial charge in [-0.1, -0.05) is 18.2 Å². The first-order valence-electron chi connectivity index (χ1n) is 6.01. The van der Waals surface area contributed by atoms with Crippen LogP contribution < -0.4 is 4.90 Å². The Bertz CT molecular complexity index is 688. The number of aromatic carboxylic acids is 1. The fraction of sp³-hybridized carbons (Fsp3) is 0.0667. The molecule has 0 aliphatic heterocycles. The molecule has 2 rings (SSSR count). The van der Waals surface area contributed by atoms with Crippen LogP contribution in [0.1, 0.15) is 15.9 Å². The molecule has 21 heavy (non-hydrogen) atoms. The molecule has 0 heterocycles. The summed E-state index contributed by atoms with van der Waals surface area (Å²) >= 11 is 0. The van der Waals surface area contributed by atoms with Crippen molar-refractivity contribution in [3.63, 3.8) is 0 Å². The molecule has 2 aromatic rings. The van der Waals surface area contributed by atoms with Crippen LogP contribution >= 0.6 is 0 Å². The standard InChI is InChI=1S/C15H11F2NO3/c16-12-3-1-2-4-14(12)18(9-19)8-11-6-5-10(15(20)21)7-13(11)17/h1-7,9H,8H2,(H,20,21). The summed E-state index contributed by atoms with van der Waals surface area (Å²) in [6, 6.07) is 8.97. The maximum absolute atomic E-state index is 13.8. The van der Waals surface area contributed by atoms with Crippen molar-refractivity contribution in [3.8, 4) is 0 Å². The normalized spacial score (nSPS) is 10.2. The van der Waals surface area contributed by atoms with E-state index in [0.717, 1.165) is 11.0 Å². The predicted molar refractivity (Wildman–Crippen MR) is 72.0 cm³/mol. The van der Waals surface area contributed by atoms with Crippen molar-refractivity contribution in [1.82, 2.24) is 0 Å². The number of nitrogens with zero attached hydrogens (tertiary/aromatic N) is 1. The van der Waals surface area contributed by atoms with Gasteiger partial charge in [-0.3, -0.25) is 4.79 Å². The number of anilines is 1. The maximum atomic E-state index is 13.8. The second-order valence-corrected chi connectivity index (χ2v) is 4.30. The highest BCUT2D eigenvalue weighted by Gasteiger charge is 2.14. The average molecular weight is 291 g/mol. The molecular weight excluding hydrogens is 280 g/mol. The van der Waals surface area contributed by atoms with Crippen LogP contribution in [0.15, 0.2) is 42.5 Å². The van der Waals surface area contributed by atoms with Gasteiger partial charge in [0.05, 0.1) is 17.8 Å². The van der Waals surface area contributed by atoms with E-state index < -0.39 is 17.6 Å². The molecule has 0 saturated carbocycles. The van der Waals surface area contributed by atoms with Gasteiger partial charge in [-0.05, 0) is 24.3 Å². The number of hydrogen-bond donors (Lipinski definition) is 1. The second kappa shape index (κ2) is 6.13. The van der Waals surface area contributed by atoms with Gasteiger partial charge in [0.15, 0.2) is 0 Å². The van der Waals surface area contributed by atoms with Crippen molar-refractivity contribution in [1.29, 1.82) is 0 Å². The highest BCUT2D eigenvalue weighted by atomic mass is 19.1. The van der Waals surface area contributed by atoms with Crippen molar-refractivity contribution >= 4 is 18.1 Å². The molecule has 0 fully saturated rings. The smallest absolute Gasteiger partial charge is 0.335 e. The Morgan fingerprint density at radius 1 is 1.14 bits per heavy atom. The molecule has 0 spiro atoms. The van der Waals surface area contributed by atoms with Gasteiger partial charge in [0, 0.05) is 5.56 Å². The van der Waals surface area contributed by atoms with E-state index in [9.17, 15) is 18.4 Å². The van der Waals surface area contributed by atoms with E-state index in [-0.39, 0.29) is 23.4 Å². The van der Waals surface area contributed by atoms with Gasteiger partial charge < -0.3 is 10.0 Å². The molecule has 0 aliphatic carbocycles. The Morgan fingerprint density at radius 3 is 2.43 bits per heavy atom. The zero-order valence-electron chi connectivity index (χ0n) is 10.8. The van der Waals surface area contributed by atoms with Crippen molar-refractivity contribution in [2.45, 2.75) is 6.54 Å². The number of carboxylic acids is 1. The van der Waals surface area contributed by atoms with Gasteiger partial charge in [-0.25, -0.2) is 13.6 Å². The first-order chi connectivity index (χ1) is 10.0. The van der Waals surface area contributed by atoms with Crippen molar-refractivity contribution in [2.75, 3.05) is 4.90 Å². The fourth-order valence-electron chi connectivity index (χ4n) is 1.86. The van der Waals surface area contributed by atoms with Crippen LogP contribution in [0.25, 0.3) is 0 Å². The number of benzene rings is 2. The summed E-state index contributed by atoms with van der Waals surface area (Å²) < 4.78 is 27.5. The third-order valence-electron chi connectivity index (χ3n) is 2.93. The Kier molecular flexibility index (Phi) is 4.27. The van der Waals surface area contributed by atoms with Crippen LogP contribution in [-0.2, 0) is 11.3 Å². The van der Waals surface area contributed by atoms with E-state index in [2.05, 4.69) is 0 Å². The number of carbonyl (C=O) groups excluding carboxylic acids is 1. The third kappa shape index (κ3) is 3.22. The van der Waals surface area contributed by atoms with E-state index in [0.29, 0.717) is 6.41 Å². The Hall–Kier alpha value is -2.76. The Balaban J connectivity index is 2.29. The highest BCUT2D eigenvalue weighted by Crippen LogP contribution is 2.21. The number of halogens is 2. The van der Waals surface area contributed by atoms with Crippen molar-refractivity contribution < 1.29 is 23.5 Å². The minimum absolute atomic E-state index is 0.0224. The van der Waals surface area contributed by atoms with Gasteiger partial charge in [-0.2, -0.15) is 0 Å². The molecule has 1 N–H and O–H groups in total. The van der Waals surface area contributed by atoms with Crippen LogP contribution in [-0.4, -0.2) is 17.5 Å².